The highest BCUT2D eigenvalue weighted by Gasteiger charge is 2.24. The highest BCUT2D eigenvalue weighted by molar-refractivity contribution is 7.89. The van der Waals surface area contributed by atoms with Gasteiger partial charge in [0.15, 0.2) is 0 Å². The number of rotatable bonds is 7. The van der Waals surface area contributed by atoms with E-state index < -0.39 is 52.4 Å². The Morgan fingerprint density at radius 1 is 1.12 bits per heavy atom. The molecule has 0 bridgehead atoms. The lowest BCUT2D eigenvalue weighted by Crippen LogP contribution is -2.30. The van der Waals surface area contributed by atoms with E-state index in [1.165, 1.54) is 31.3 Å². The number of likely N-dealkylation sites (N-methyl/N-ethyl adjacent to an activating group) is 1. The summed E-state index contributed by atoms with van der Waals surface area (Å²) >= 11 is 0. The van der Waals surface area contributed by atoms with Gasteiger partial charge in [-0.3, -0.25) is 0 Å². The maximum absolute atomic E-state index is 13.6. The molecule has 0 saturated carbocycles. The Labute approximate surface area is 147 Å². The molecule has 2 aromatic rings. The number of hydrogen-bond acceptors (Lipinski definition) is 5. The van der Waals surface area contributed by atoms with E-state index in [1.54, 1.807) is 0 Å². The second-order valence-electron chi connectivity index (χ2n) is 5.21. The van der Waals surface area contributed by atoms with E-state index in [1.807, 2.05) is 0 Å². The van der Waals surface area contributed by atoms with Crippen LogP contribution in [0.15, 0.2) is 29.2 Å². The molecule has 0 fully saturated rings. The normalized spacial score (nSPS) is 11.8. The van der Waals surface area contributed by atoms with Crippen LogP contribution in [0.1, 0.15) is 5.56 Å². The number of hydrogen-bond donors (Lipinski definition) is 2. The summed E-state index contributed by atoms with van der Waals surface area (Å²) in [7, 11) is -2.73. The van der Waals surface area contributed by atoms with Crippen molar-refractivity contribution in [2.24, 2.45) is 0 Å². The summed E-state index contributed by atoms with van der Waals surface area (Å²) in [4.78, 5) is 2.26. The minimum atomic E-state index is -3.99. The van der Waals surface area contributed by atoms with E-state index in [-0.39, 0.29) is 17.0 Å². The van der Waals surface area contributed by atoms with E-state index >= 15 is 0 Å². The van der Waals surface area contributed by atoms with Crippen LogP contribution >= 0.6 is 0 Å². The van der Waals surface area contributed by atoms with Crippen LogP contribution in [0, 0.1) is 23.5 Å². The van der Waals surface area contributed by atoms with E-state index in [4.69, 9.17) is 5.11 Å². The van der Waals surface area contributed by atoms with Gasteiger partial charge in [0.25, 0.3) is 11.9 Å². The quantitative estimate of drug-likeness (QED) is 0.554. The minimum Gasteiger partial charge on any atom is -0.395 e. The van der Waals surface area contributed by atoms with Gasteiger partial charge in [-0.1, -0.05) is 18.2 Å². The van der Waals surface area contributed by atoms with Crippen LogP contribution < -0.4 is 5.32 Å². The van der Waals surface area contributed by atoms with Crippen molar-refractivity contribution in [3.8, 4) is 0 Å². The van der Waals surface area contributed by atoms with E-state index in [9.17, 15) is 26.0 Å². The first-order valence-electron chi connectivity index (χ1n) is 7.29. The maximum atomic E-state index is 13.6. The number of benzene rings is 1. The average molecular weight is 393 g/mol. The molecule has 2 rings (SSSR count). The van der Waals surface area contributed by atoms with Crippen LogP contribution in [0.3, 0.4) is 0 Å². The zero-order valence-corrected chi connectivity index (χ0v) is 14.3. The predicted molar refractivity (Wildman–Crippen MR) is 84.7 cm³/mol. The molecule has 0 amide bonds. The lowest BCUT2D eigenvalue weighted by atomic mass is 10.2. The van der Waals surface area contributed by atoms with Crippen LogP contribution in [0.25, 0.3) is 0 Å². The summed E-state index contributed by atoms with van der Waals surface area (Å²) < 4.78 is 79.5. The molecule has 26 heavy (non-hydrogen) atoms. The minimum absolute atomic E-state index is 0.105. The molecular formula is C15H15F4N3O3S. The fourth-order valence-electron chi connectivity index (χ4n) is 2.16. The first kappa shape index (κ1) is 20.1. The van der Waals surface area contributed by atoms with Crippen molar-refractivity contribution in [1.29, 1.82) is 0 Å². The zero-order valence-electron chi connectivity index (χ0n) is 13.5. The number of halogens is 4. The Kier molecular flexibility index (Phi) is 6.16. The van der Waals surface area contributed by atoms with Gasteiger partial charge < -0.3 is 10.4 Å². The lowest BCUT2D eigenvalue weighted by molar-refractivity contribution is 0.266. The molecule has 0 aliphatic carbocycles. The third-order valence-corrected chi connectivity index (χ3v) is 5.49. The molecule has 6 nitrogen and oxygen atoms in total. The Balaban J connectivity index is 2.36. The van der Waals surface area contributed by atoms with Crippen molar-refractivity contribution in [2.45, 2.75) is 11.4 Å². The van der Waals surface area contributed by atoms with Crippen LogP contribution in [-0.4, -0.2) is 43.0 Å². The number of aliphatic hydroxyl groups excluding tert-OH is 1. The average Bonchev–Trinajstić information content (AvgIpc) is 2.60. The molecule has 1 aromatic heterocycles. The fraction of sp³-hybridized carbons (Fsp3) is 0.267. The molecule has 0 atom stereocenters. The highest BCUT2D eigenvalue weighted by atomic mass is 32.2. The Bertz CT molecular complexity index is 883. The Hall–Kier alpha value is -2.24. The smallest absolute Gasteiger partial charge is 0.253 e. The second kappa shape index (κ2) is 7.98. The molecule has 1 aromatic carbocycles. The summed E-state index contributed by atoms with van der Waals surface area (Å²) in [5.74, 6) is -7.09. The van der Waals surface area contributed by atoms with E-state index in [2.05, 4.69) is 10.3 Å². The monoisotopic (exact) mass is 393 g/mol. The van der Waals surface area contributed by atoms with Gasteiger partial charge in [-0.15, -0.1) is 0 Å². The van der Waals surface area contributed by atoms with Crippen molar-refractivity contribution in [3.63, 3.8) is 0 Å². The van der Waals surface area contributed by atoms with Crippen molar-refractivity contribution in [2.75, 3.05) is 25.5 Å². The van der Waals surface area contributed by atoms with Gasteiger partial charge in [-0.2, -0.15) is 26.9 Å². The largest absolute Gasteiger partial charge is 0.395 e. The van der Waals surface area contributed by atoms with Crippen molar-refractivity contribution in [3.05, 3.63) is 53.4 Å². The van der Waals surface area contributed by atoms with Crippen molar-refractivity contribution >= 4 is 15.7 Å². The molecule has 2 N–H and O–H groups in total. The maximum Gasteiger partial charge on any atom is 0.253 e. The first-order chi connectivity index (χ1) is 12.2. The molecule has 0 aliphatic rings. The van der Waals surface area contributed by atoms with E-state index in [0.29, 0.717) is 0 Å². The van der Waals surface area contributed by atoms with Gasteiger partial charge in [0.05, 0.1) is 11.5 Å². The number of aromatic nitrogens is 1. The molecule has 0 unspecified atom stereocenters. The third kappa shape index (κ3) is 3.94. The number of nitrogens with one attached hydrogen (secondary N) is 1. The van der Waals surface area contributed by atoms with Gasteiger partial charge >= 0.3 is 0 Å². The molecule has 142 valence electrons. The molecule has 0 spiro atoms. The summed E-state index contributed by atoms with van der Waals surface area (Å²) in [6.07, 6.45) is 0. The fourth-order valence-corrected chi connectivity index (χ4v) is 3.54. The standard InChI is InChI=1S/C15H15F4N3O3S/c1-22(6-7-23)26(24,25)10-5-3-2-4-9(10)8-20-13-11(16)14(18)21-15(19)12(13)17/h2-5,23H,6-8H2,1H3,(H,20,21). The number of aliphatic hydroxyl groups is 1. The number of anilines is 1. The molecule has 0 saturated heterocycles. The summed E-state index contributed by atoms with van der Waals surface area (Å²) in [6.45, 7) is -0.991. The molecular weight excluding hydrogens is 378 g/mol. The molecule has 0 aliphatic heterocycles. The molecule has 1 heterocycles. The zero-order chi connectivity index (χ0) is 19.5. The van der Waals surface area contributed by atoms with Gasteiger partial charge in [0.2, 0.25) is 21.7 Å². The number of pyridine rings is 1. The molecule has 11 heteroatoms. The summed E-state index contributed by atoms with van der Waals surface area (Å²) in [5, 5.41) is 11.1. The van der Waals surface area contributed by atoms with Crippen molar-refractivity contribution in [1.82, 2.24) is 9.29 Å². The first-order valence-corrected chi connectivity index (χ1v) is 8.73. The summed E-state index contributed by atoms with van der Waals surface area (Å²) in [6, 6.07) is 5.57. The predicted octanol–water partition coefficient (Wildman–Crippen LogP) is 1.86. The topological polar surface area (TPSA) is 82.5 Å². The van der Waals surface area contributed by atoms with Crippen molar-refractivity contribution < 1.29 is 31.1 Å². The van der Waals surface area contributed by atoms with E-state index in [0.717, 1.165) is 4.31 Å². The Morgan fingerprint density at radius 3 is 2.27 bits per heavy atom. The Morgan fingerprint density at radius 2 is 1.69 bits per heavy atom. The van der Waals surface area contributed by atoms with Crippen LogP contribution in [0.2, 0.25) is 0 Å². The molecule has 0 radical (unpaired) electrons. The van der Waals surface area contributed by atoms with Gasteiger partial charge in [0.1, 0.15) is 5.69 Å². The summed E-state index contributed by atoms with van der Waals surface area (Å²) in [5.41, 5.74) is -0.986. The number of sulfonamides is 1. The lowest BCUT2D eigenvalue weighted by Gasteiger charge is -2.19. The van der Waals surface area contributed by atoms with Gasteiger partial charge in [-0.25, -0.2) is 8.42 Å². The van der Waals surface area contributed by atoms with Crippen LogP contribution in [-0.2, 0) is 16.6 Å². The van der Waals surface area contributed by atoms with Crippen LogP contribution in [0.5, 0.6) is 0 Å². The second-order valence-corrected chi connectivity index (χ2v) is 7.22. The number of nitrogens with zero attached hydrogens (tertiary/aromatic N) is 2. The third-order valence-electron chi connectivity index (χ3n) is 3.53. The van der Waals surface area contributed by atoms with Gasteiger partial charge in [-0.05, 0) is 11.6 Å². The van der Waals surface area contributed by atoms with Gasteiger partial charge in [0, 0.05) is 20.1 Å². The SMILES string of the molecule is CN(CCO)S(=O)(=O)c1ccccc1CNc1c(F)c(F)nc(F)c1F. The highest BCUT2D eigenvalue weighted by Crippen LogP contribution is 2.25. The van der Waals surface area contributed by atoms with Crippen LogP contribution in [0.4, 0.5) is 23.2 Å².